The van der Waals surface area contributed by atoms with Crippen molar-refractivity contribution < 1.29 is 9.59 Å². The molecular weight excluding hydrogens is 478 g/mol. The second-order valence-corrected chi connectivity index (χ2v) is 9.86. The monoisotopic (exact) mass is 495 g/mol. The van der Waals surface area contributed by atoms with Gasteiger partial charge in [-0.15, -0.1) is 0 Å². The van der Waals surface area contributed by atoms with Crippen molar-refractivity contribution in [2.24, 2.45) is 0 Å². The molecule has 2 heterocycles. The maximum Gasteiger partial charge on any atom is 0.247 e. The number of hydrogen-bond acceptors (Lipinski definition) is 5. The topological polar surface area (TPSA) is 63.2 Å². The summed E-state index contributed by atoms with van der Waals surface area (Å²) >= 11 is 7.49. The van der Waals surface area contributed by atoms with Crippen LogP contribution in [0.15, 0.2) is 96.2 Å². The molecule has 170 valence electrons. The van der Waals surface area contributed by atoms with Crippen molar-refractivity contribution in [3.63, 3.8) is 0 Å². The third-order valence-electron chi connectivity index (χ3n) is 6.04. The lowest BCUT2D eigenvalue weighted by molar-refractivity contribution is -0.121. The summed E-state index contributed by atoms with van der Waals surface area (Å²) in [7, 11) is 0. The standard InChI is InChI=1S/C28H18ClN3O2S/c29-19-13-14-22-21(15-19)26(18-8-2-1-3-9-18)31-28(30-22)35-24-16-25(33)32(27(24)34)23-12-6-10-17-7-4-5-11-20(17)23/h1-15,24H,16H2/t24-/m1/s1. The SMILES string of the molecule is O=C1C[C@@H](Sc2nc(-c3ccccc3)c3cc(Cl)ccc3n2)C(=O)N1c1cccc2ccccc12. The van der Waals surface area contributed by atoms with E-state index in [1.807, 2.05) is 84.9 Å². The second kappa shape index (κ2) is 8.80. The molecule has 7 heteroatoms. The molecule has 1 aliphatic heterocycles. The van der Waals surface area contributed by atoms with Gasteiger partial charge in [-0.05, 0) is 29.7 Å². The summed E-state index contributed by atoms with van der Waals surface area (Å²) in [4.78, 5) is 37.2. The predicted molar refractivity (Wildman–Crippen MR) is 141 cm³/mol. The molecule has 0 saturated carbocycles. The number of hydrogen-bond donors (Lipinski definition) is 0. The van der Waals surface area contributed by atoms with Gasteiger partial charge in [0.25, 0.3) is 0 Å². The molecule has 0 radical (unpaired) electrons. The lowest BCUT2D eigenvalue weighted by Gasteiger charge is -2.17. The number of benzene rings is 4. The van der Waals surface area contributed by atoms with Crippen LogP contribution in [0.25, 0.3) is 32.9 Å². The number of thioether (sulfide) groups is 1. The average molecular weight is 496 g/mol. The van der Waals surface area contributed by atoms with Crippen LogP contribution in [-0.4, -0.2) is 27.0 Å². The fourth-order valence-corrected chi connectivity index (χ4v) is 5.58. The number of amides is 2. The van der Waals surface area contributed by atoms with Gasteiger partial charge in [-0.3, -0.25) is 9.59 Å². The number of carbonyl (C=O) groups excluding carboxylic acids is 2. The summed E-state index contributed by atoms with van der Waals surface area (Å²) in [6.07, 6.45) is 0.0927. The Hall–Kier alpha value is -3.74. The van der Waals surface area contributed by atoms with Gasteiger partial charge in [0, 0.05) is 27.8 Å². The van der Waals surface area contributed by atoms with Gasteiger partial charge in [-0.2, -0.15) is 0 Å². The van der Waals surface area contributed by atoms with Crippen LogP contribution in [0.1, 0.15) is 6.42 Å². The lowest BCUT2D eigenvalue weighted by atomic mass is 10.1. The normalized spacial score (nSPS) is 15.9. The van der Waals surface area contributed by atoms with Crippen molar-refractivity contribution in [1.29, 1.82) is 0 Å². The molecule has 0 unspecified atom stereocenters. The Balaban J connectivity index is 1.38. The van der Waals surface area contributed by atoms with E-state index in [1.165, 1.54) is 16.7 Å². The van der Waals surface area contributed by atoms with E-state index in [9.17, 15) is 9.59 Å². The molecule has 4 aromatic carbocycles. The van der Waals surface area contributed by atoms with Crippen molar-refractivity contribution in [2.75, 3.05) is 4.90 Å². The van der Waals surface area contributed by atoms with Crippen molar-refractivity contribution in [3.8, 4) is 11.3 Å². The highest BCUT2D eigenvalue weighted by atomic mass is 35.5. The summed E-state index contributed by atoms with van der Waals surface area (Å²) in [5, 5.41) is 3.12. The molecular formula is C28H18ClN3O2S. The van der Waals surface area contributed by atoms with Crippen LogP contribution in [0.4, 0.5) is 5.69 Å². The molecule has 1 saturated heterocycles. The Morgan fingerprint density at radius 1 is 0.829 bits per heavy atom. The molecule has 5 aromatic rings. The molecule has 0 bridgehead atoms. The van der Waals surface area contributed by atoms with Gasteiger partial charge in [0.05, 0.1) is 16.9 Å². The van der Waals surface area contributed by atoms with Gasteiger partial charge < -0.3 is 0 Å². The van der Waals surface area contributed by atoms with Crippen molar-refractivity contribution >= 4 is 62.5 Å². The van der Waals surface area contributed by atoms with E-state index in [4.69, 9.17) is 16.6 Å². The zero-order valence-corrected chi connectivity index (χ0v) is 20.0. The number of nitrogens with zero attached hydrogens (tertiary/aromatic N) is 3. The molecule has 6 rings (SSSR count). The highest BCUT2D eigenvalue weighted by molar-refractivity contribution is 8.00. The number of aromatic nitrogens is 2. The quantitative estimate of drug-likeness (QED) is 0.209. The predicted octanol–water partition coefficient (Wildman–Crippen LogP) is 6.53. The Morgan fingerprint density at radius 3 is 2.46 bits per heavy atom. The number of anilines is 1. The molecule has 1 aliphatic rings. The smallest absolute Gasteiger partial charge is 0.247 e. The average Bonchev–Trinajstić information content (AvgIpc) is 3.16. The largest absolute Gasteiger partial charge is 0.274 e. The van der Waals surface area contributed by atoms with Gasteiger partial charge in [0.2, 0.25) is 11.8 Å². The molecule has 0 aliphatic carbocycles. The van der Waals surface area contributed by atoms with Crippen LogP contribution in [-0.2, 0) is 9.59 Å². The first kappa shape index (κ1) is 21.8. The summed E-state index contributed by atoms with van der Waals surface area (Å²) < 4.78 is 0. The fraction of sp³-hybridized carbons (Fsp3) is 0.0714. The van der Waals surface area contributed by atoms with Gasteiger partial charge >= 0.3 is 0 Å². The highest BCUT2D eigenvalue weighted by Gasteiger charge is 2.41. The lowest BCUT2D eigenvalue weighted by Crippen LogP contribution is -2.31. The molecule has 5 nitrogen and oxygen atoms in total. The van der Waals surface area contributed by atoms with Crippen LogP contribution >= 0.6 is 23.4 Å². The minimum Gasteiger partial charge on any atom is -0.274 e. The second-order valence-electron chi connectivity index (χ2n) is 8.26. The van der Waals surface area contributed by atoms with Crippen LogP contribution in [0.5, 0.6) is 0 Å². The molecule has 0 N–H and O–H groups in total. The van der Waals surface area contributed by atoms with Gasteiger partial charge in [-0.1, -0.05) is 90.1 Å². The summed E-state index contributed by atoms with van der Waals surface area (Å²) in [6, 6.07) is 28.7. The number of carbonyl (C=O) groups is 2. The third-order valence-corrected chi connectivity index (χ3v) is 7.33. The number of halogens is 1. The summed E-state index contributed by atoms with van der Waals surface area (Å²) in [5.41, 5.74) is 3.01. The van der Waals surface area contributed by atoms with E-state index < -0.39 is 5.25 Å². The zero-order chi connectivity index (χ0) is 23.9. The minimum absolute atomic E-state index is 0.0927. The maximum absolute atomic E-state index is 13.4. The Bertz CT molecular complexity index is 1620. The van der Waals surface area contributed by atoms with Crippen LogP contribution in [0, 0.1) is 0 Å². The van der Waals surface area contributed by atoms with Crippen LogP contribution in [0.2, 0.25) is 5.02 Å². The van der Waals surface area contributed by atoms with E-state index in [-0.39, 0.29) is 18.2 Å². The first-order chi connectivity index (χ1) is 17.1. The van der Waals surface area contributed by atoms with Crippen molar-refractivity contribution in [3.05, 3.63) is 96.0 Å². The van der Waals surface area contributed by atoms with Crippen LogP contribution < -0.4 is 4.90 Å². The van der Waals surface area contributed by atoms with E-state index in [0.717, 1.165) is 32.9 Å². The Labute approximate surface area is 210 Å². The minimum atomic E-state index is -0.602. The van der Waals surface area contributed by atoms with Crippen LogP contribution in [0.3, 0.4) is 0 Å². The van der Waals surface area contributed by atoms with Gasteiger partial charge in [0.15, 0.2) is 5.16 Å². The maximum atomic E-state index is 13.4. The number of imide groups is 1. The van der Waals surface area contributed by atoms with E-state index >= 15 is 0 Å². The summed E-state index contributed by atoms with van der Waals surface area (Å²) in [6.45, 7) is 0. The zero-order valence-electron chi connectivity index (χ0n) is 18.4. The van der Waals surface area contributed by atoms with E-state index in [1.54, 1.807) is 6.07 Å². The molecule has 2 amide bonds. The molecule has 1 aromatic heterocycles. The van der Waals surface area contributed by atoms with Gasteiger partial charge in [0.1, 0.15) is 5.25 Å². The Morgan fingerprint density at radius 2 is 1.60 bits per heavy atom. The molecule has 0 spiro atoms. The van der Waals surface area contributed by atoms with Crippen molar-refractivity contribution in [1.82, 2.24) is 9.97 Å². The molecule has 1 fully saturated rings. The number of rotatable bonds is 4. The third kappa shape index (κ3) is 3.95. The highest BCUT2D eigenvalue weighted by Crippen LogP contribution is 2.37. The van der Waals surface area contributed by atoms with Gasteiger partial charge in [-0.25, -0.2) is 14.9 Å². The molecule has 35 heavy (non-hydrogen) atoms. The first-order valence-electron chi connectivity index (χ1n) is 11.1. The Kier molecular flexibility index (Phi) is 5.47. The molecule has 1 atom stereocenters. The van der Waals surface area contributed by atoms with Crippen molar-refractivity contribution in [2.45, 2.75) is 16.8 Å². The van der Waals surface area contributed by atoms with E-state index in [0.29, 0.717) is 15.9 Å². The summed E-state index contributed by atoms with van der Waals surface area (Å²) in [5.74, 6) is -0.475. The number of fused-ring (bicyclic) bond motifs is 2. The first-order valence-corrected chi connectivity index (χ1v) is 12.4. The fourth-order valence-electron chi connectivity index (χ4n) is 4.43. The van der Waals surface area contributed by atoms with E-state index in [2.05, 4.69) is 4.98 Å².